The summed E-state index contributed by atoms with van der Waals surface area (Å²) in [4.78, 5) is 75.2. The fourth-order valence-corrected chi connectivity index (χ4v) is 4.60. The molecule has 0 radical (unpaired) electrons. The van der Waals surface area contributed by atoms with Crippen molar-refractivity contribution in [2.24, 2.45) is 5.18 Å². The Kier molecular flexibility index (Phi) is 10.8. The molecule has 210 valence electrons. The third kappa shape index (κ3) is 7.28. The highest BCUT2D eigenvalue weighted by Crippen LogP contribution is 2.41. The number of ether oxygens (including phenoxy) is 4. The Morgan fingerprint density at radius 1 is 1.21 bits per heavy atom. The van der Waals surface area contributed by atoms with Gasteiger partial charge in [-0.3, -0.25) is 14.5 Å². The van der Waals surface area contributed by atoms with Gasteiger partial charge in [-0.2, -0.15) is 0 Å². The molecule has 15 nitrogen and oxygen atoms in total. The summed E-state index contributed by atoms with van der Waals surface area (Å²) >= 11 is 6.56. The molecule has 38 heavy (non-hydrogen) atoms. The van der Waals surface area contributed by atoms with E-state index in [0.717, 1.165) is 21.6 Å². The normalized spacial score (nSPS) is 19.9. The molecule has 2 aliphatic rings. The van der Waals surface area contributed by atoms with E-state index in [4.69, 9.17) is 30.5 Å². The number of nitroso groups, excluding NO2 is 1. The van der Waals surface area contributed by atoms with E-state index in [2.05, 4.69) is 10.5 Å². The van der Waals surface area contributed by atoms with Crippen LogP contribution >= 0.6 is 23.4 Å². The van der Waals surface area contributed by atoms with Crippen molar-refractivity contribution >= 4 is 53.4 Å². The molecule has 2 heterocycles. The van der Waals surface area contributed by atoms with Crippen LogP contribution in [0.4, 0.5) is 9.59 Å². The van der Waals surface area contributed by atoms with Gasteiger partial charge in [-0.15, -0.1) is 28.3 Å². The van der Waals surface area contributed by atoms with Crippen molar-refractivity contribution < 1.29 is 48.0 Å². The molecule has 1 fully saturated rings. The molecule has 0 aliphatic carbocycles. The van der Waals surface area contributed by atoms with Crippen LogP contribution in [0.5, 0.6) is 0 Å². The van der Waals surface area contributed by atoms with Gasteiger partial charge in [0.05, 0.1) is 12.0 Å². The molecular weight excluding hydrogens is 552 g/mol. The van der Waals surface area contributed by atoms with Gasteiger partial charge in [0, 0.05) is 32.3 Å². The monoisotopic (exact) mass is 578 g/mol. The third-order valence-corrected chi connectivity index (χ3v) is 6.43. The van der Waals surface area contributed by atoms with Gasteiger partial charge in [-0.1, -0.05) is 0 Å². The molecule has 17 heteroatoms. The molecule has 0 aromatic heterocycles. The summed E-state index contributed by atoms with van der Waals surface area (Å²) < 4.78 is 20.0. The molecule has 3 amide bonds. The summed E-state index contributed by atoms with van der Waals surface area (Å²) in [6.07, 6.45) is -3.67. The maximum absolute atomic E-state index is 13.1. The lowest BCUT2D eigenvalue weighted by Crippen LogP contribution is -2.70. The predicted molar refractivity (Wildman–Crippen MR) is 132 cm³/mol. The number of allylic oxidation sites excluding steroid dienone is 1. The number of carbonyl (C=O) groups excluding carboxylic acids is 5. The van der Waals surface area contributed by atoms with Gasteiger partial charge < -0.3 is 34.3 Å². The molecule has 0 saturated carbocycles. The molecule has 2 rings (SSSR count). The first-order chi connectivity index (χ1) is 17.8. The molecule has 0 spiro atoms. The molecule has 2 N–H and O–H groups in total. The van der Waals surface area contributed by atoms with Gasteiger partial charge in [-0.05, 0) is 19.0 Å². The molecule has 0 aromatic carbocycles. The minimum Gasteiger partial charge on any atom is -0.508 e. The number of aliphatic hydroxyl groups is 1. The van der Waals surface area contributed by atoms with E-state index in [1.807, 2.05) is 0 Å². The smallest absolute Gasteiger partial charge is 0.508 e. The zero-order valence-corrected chi connectivity index (χ0v) is 22.7. The van der Waals surface area contributed by atoms with E-state index in [-0.39, 0.29) is 23.6 Å². The third-order valence-electron chi connectivity index (χ3n) is 4.84. The topological polar surface area (TPSA) is 190 Å². The minimum atomic E-state index is -1.41. The van der Waals surface area contributed by atoms with Gasteiger partial charge in [-0.25, -0.2) is 14.4 Å². The molecule has 2 unspecified atom stereocenters. The predicted octanol–water partition coefficient (Wildman–Crippen LogP) is 1.56. The van der Waals surface area contributed by atoms with Crippen LogP contribution in [0.3, 0.4) is 0 Å². The van der Waals surface area contributed by atoms with Crippen LogP contribution in [-0.2, 0) is 33.3 Å². The van der Waals surface area contributed by atoms with E-state index in [9.17, 15) is 34.0 Å². The summed E-state index contributed by atoms with van der Waals surface area (Å²) in [6.45, 7) is 4.08. The number of hydrogen-bond acceptors (Lipinski definition) is 13. The summed E-state index contributed by atoms with van der Waals surface area (Å²) in [5, 5.41) is 13.5. The van der Waals surface area contributed by atoms with Crippen molar-refractivity contribution in [3.8, 4) is 0 Å². The number of aliphatic hydroxyl groups excluding tert-OH is 1. The van der Waals surface area contributed by atoms with Crippen molar-refractivity contribution in [3.63, 3.8) is 0 Å². The molecule has 0 aromatic rings. The SMILES string of the molecule is CC(C)OC(=O)OC(C)OC(=O)C1=C(COC(=O)N(C)C)CS[C@H]2C(NC(=O)C(N=O)=C(O)CCl)C(=O)N12. The number of β-lactam (4-membered cyclic amide) rings is 1. The lowest BCUT2D eigenvalue weighted by molar-refractivity contribution is -0.169. The number of fused-ring (bicyclic) bond motifs is 1. The summed E-state index contributed by atoms with van der Waals surface area (Å²) in [5.41, 5.74) is -0.939. The van der Waals surface area contributed by atoms with Gasteiger partial charge >= 0.3 is 18.2 Å². The fraction of sp³-hybridized carbons (Fsp3) is 0.571. The fourth-order valence-electron chi connectivity index (χ4n) is 3.15. The second-order valence-electron chi connectivity index (χ2n) is 8.29. The highest BCUT2D eigenvalue weighted by atomic mass is 35.5. The highest BCUT2D eigenvalue weighted by Gasteiger charge is 2.55. The number of carbonyl (C=O) groups is 5. The minimum absolute atomic E-state index is 0.0815. The van der Waals surface area contributed by atoms with Gasteiger partial charge in [0.25, 0.3) is 11.8 Å². The van der Waals surface area contributed by atoms with E-state index >= 15 is 0 Å². The summed E-state index contributed by atoms with van der Waals surface area (Å²) in [7, 11) is 2.91. The number of rotatable bonds is 10. The lowest BCUT2D eigenvalue weighted by Gasteiger charge is -2.49. The molecule has 1 saturated heterocycles. The van der Waals surface area contributed by atoms with Crippen molar-refractivity contribution in [1.29, 1.82) is 0 Å². The maximum atomic E-state index is 13.1. The Morgan fingerprint density at radius 2 is 1.87 bits per heavy atom. The number of hydrogen-bond donors (Lipinski definition) is 2. The lowest BCUT2D eigenvalue weighted by atomic mass is 10.0. The second-order valence-corrected chi connectivity index (χ2v) is 9.66. The Bertz CT molecular complexity index is 1060. The zero-order valence-electron chi connectivity index (χ0n) is 21.1. The number of thioether (sulfide) groups is 1. The van der Waals surface area contributed by atoms with E-state index < -0.39 is 71.2 Å². The van der Waals surface area contributed by atoms with E-state index in [1.54, 1.807) is 13.8 Å². The standard InChI is InChI=1S/C21H27ClN4O11S/c1-9(2)35-21(32)37-10(3)36-19(30)15-11(7-34-20(31)25(4)5)8-38-18-14(17(29)26(15)18)23-16(28)13(24-33)12(27)6-22/h9-10,14,18,27H,6-8H2,1-5H3,(H,23,28)/t10?,14?,18-/m0/s1. The first-order valence-electron chi connectivity index (χ1n) is 11.0. The van der Waals surface area contributed by atoms with Crippen LogP contribution in [0.1, 0.15) is 20.8 Å². The molecule has 0 bridgehead atoms. The first-order valence-corrected chi connectivity index (χ1v) is 12.6. The van der Waals surface area contributed by atoms with Crippen LogP contribution in [0.2, 0.25) is 0 Å². The van der Waals surface area contributed by atoms with Crippen molar-refractivity contribution in [3.05, 3.63) is 27.6 Å². The number of nitrogens with one attached hydrogen (secondary N) is 1. The Labute approximate surface area is 226 Å². The number of esters is 1. The van der Waals surface area contributed by atoms with Gasteiger partial charge in [0.2, 0.25) is 12.0 Å². The molecular formula is C21H27ClN4O11S. The highest BCUT2D eigenvalue weighted by molar-refractivity contribution is 8.00. The molecule has 2 aliphatic heterocycles. The van der Waals surface area contributed by atoms with Crippen molar-refractivity contribution in [2.45, 2.75) is 44.6 Å². The number of halogens is 1. The van der Waals surface area contributed by atoms with Crippen molar-refractivity contribution in [1.82, 2.24) is 15.1 Å². The number of amides is 3. The average molecular weight is 579 g/mol. The van der Waals surface area contributed by atoms with Crippen molar-refractivity contribution in [2.75, 3.05) is 32.3 Å². The van der Waals surface area contributed by atoms with Crippen LogP contribution < -0.4 is 5.32 Å². The number of nitrogens with zero attached hydrogens (tertiary/aromatic N) is 3. The van der Waals surface area contributed by atoms with E-state index in [1.165, 1.54) is 21.0 Å². The second kappa shape index (κ2) is 13.3. The van der Waals surface area contributed by atoms with Crippen LogP contribution in [0, 0.1) is 4.91 Å². The van der Waals surface area contributed by atoms with Gasteiger partial charge in [0.1, 0.15) is 29.5 Å². The average Bonchev–Trinajstić information content (AvgIpc) is 2.84. The Hall–Kier alpha value is -3.53. The first kappa shape index (κ1) is 30.7. The summed E-state index contributed by atoms with van der Waals surface area (Å²) in [5.74, 6) is -4.22. The quantitative estimate of drug-likeness (QED) is 0.0556. The molecule has 3 atom stereocenters. The van der Waals surface area contributed by atoms with Gasteiger partial charge in [0.15, 0.2) is 0 Å². The van der Waals surface area contributed by atoms with Crippen LogP contribution in [0.25, 0.3) is 0 Å². The zero-order chi connectivity index (χ0) is 28.7. The maximum Gasteiger partial charge on any atom is 0.511 e. The Balaban J connectivity index is 2.27. The van der Waals surface area contributed by atoms with Crippen LogP contribution in [-0.4, -0.2) is 101 Å². The Morgan fingerprint density at radius 3 is 2.42 bits per heavy atom. The van der Waals surface area contributed by atoms with E-state index in [0.29, 0.717) is 0 Å². The largest absolute Gasteiger partial charge is 0.511 e. The summed E-state index contributed by atoms with van der Waals surface area (Å²) in [6, 6.07) is -1.20. The number of alkyl halides is 1. The van der Waals surface area contributed by atoms with Crippen LogP contribution in [0.15, 0.2) is 27.9 Å².